The van der Waals surface area contributed by atoms with E-state index in [2.05, 4.69) is 46.9 Å². The largest absolute Gasteiger partial charge is 0.457 e. The number of hydrogen-bond acceptors (Lipinski definition) is 4. The van der Waals surface area contributed by atoms with Gasteiger partial charge in [-0.15, -0.1) is 0 Å². The number of anilines is 6. The topological polar surface area (TPSA) is 24.9 Å². The van der Waals surface area contributed by atoms with Crippen molar-refractivity contribution >= 4 is 46.3 Å². The predicted octanol–water partition coefficient (Wildman–Crippen LogP) is 27.5. The van der Waals surface area contributed by atoms with E-state index < -0.39 is 62.4 Å². The highest BCUT2D eigenvalue weighted by Crippen LogP contribution is 2.65. The number of nitrogens with zero attached hydrogens (tertiary/aromatic N) is 2. The van der Waals surface area contributed by atoms with E-state index in [-0.39, 0.29) is 17.2 Å². The summed E-state index contributed by atoms with van der Waals surface area (Å²) in [4.78, 5) is 3.27. The summed E-state index contributed by atoms with van der Waals surface area (Å²) in [5.74, 6) is -7.19. The normalized spacial score (nSPS) is 16.0. The smallest absolute Gasteiger partial charge is 0.196 e. The monoisotopic (exact) mass is 1490 g/mol. The lowest BCUT2D eigenvalue weighted by atomic mass is 9.67. The number of hydrogen-bond donors (Lipinski definition) is 0. The van der Waals surface area contributed by atoms with Crippen molar-refractivity contribution in [3.63, 3.8) is 0 Å². The molecule has 112 heavy (non-hydrogen) atoms. The van der Waals surface area contributed by atoms with Gasteiger partial charge in [-0.2, -0.15) is 0 Å². The molecule has 0 heterocycles. The molecule has 0 radical (unpaired) electrons. The molecular weight excluding hydrogens is 1410 g/mol. The molecule has 14 aromatic rings. The highest BCUT2D eigenvalue weighted by Gasteiger charge is 2.57. The molecule has 0 saturated carbocycles. The number of ether oxygens (including phenoxy) is 2. The number of rotatable bonds is 19. The number of benzene rings is 14. The summed E-state index contributed by atoms with van der Waals surface area (Å²) >= 11 is 0. The first-order chi connectivity index (χ1) is 54.1. The van der Waals surface area contributed by atoms with Gasteiger partial charge in [-0.3, -0.25) is 0 Å². The Morgan fingerprint density at radius 3 is 1.21 bits per heavy atom. The third-order valence-electron chi connectivity index (χ3n) is 22.8. The van der Waals surface area contributed by atoms with Crippen LogP contribution in [-0.2, 0) is 34.5 Å². The zero-order valence-electron chi connectivity index (χ0n) is 61.8. The minimum absolute atomic E-state index is 0.250. The van der Waals surface area contributed by atoms with Gasteiger partial charge in [0.05, 0.1) is 16.8 Å². The van der Waals surface area contributed by atoms with E-state index in [1.807, 2.05) is 212 Å². The second-order valence-corrected chi connectivity index (χ2v) is 30.7. The van der Waals surface area contributed by atoms with Gasteiger partial charge in [0.15, 0.2) is 34.9 Å². The van der Waals surface area contributed by atoms with Gasteiger partial charge in [0, 0.05) is 28.2 Å². The molecule has 12 heteroatoms. The molecule has 0 saturated heterocycles. The fourth-order valence-electron chi connectivity index (χ4n) is 17.9. The van der Waals surface area contributed by atoms with Crippen LogP contribution in [0.25, 0.3) is 34.4 Å². The van der Waals surface area contributed by atoms with E-state index in [9.17, 15) is 4.39 Å². The second kappa shape index (κ2) is 28.3. The minimum Gasteiger partial charge on any atom is -0.457 e. The Morgan fingerprint density at radius 2 is 0.705 bits per heavy atom. The first-order valence-corrected chi connectivity index (χ1v) is 37.2. The summed E-state index contributed by atoms with van der Waals surface area (Å²) in [6, 6.07) is 87.3. The van der Waals surface area contributed by atoms with Gasteiger partial charge < -0.3 is 19.3 Å². The Morgan fingerprint density at radius 1 is 0.330 bits per heavy atom. The lowest BCUT2D eigenvalue weighted by Crippen LogP contribution is -2.29. The van der Waals surface area contributed by atoms with Gasteiger partial charge in [-0.05, 0) is 282 Å². The highest BCUT2D eigenvalue weighted by atomic mass is 19.2. The molecule has 2 atom stereocenters. The average molecular weight is 1490 g/mol. The molecule has 17 rings (SSSR count). The maximum Gasteiger partial charge on any atom is 0.196 e. The SMILES string of the molecule is C=Cc1ccc(Oc2ccc(Cc3cc(N(c4ccc5c(c4)C4(CC5(C)C)CC(C)(C)c5ccc(N(c6ccc7c(c6)C(c6ccc(F)cc6)(c6ccc(Oc8ccc(C=C)cc8)cc6)c6ccccc6-7)c6ccc(F)c(F)c6F)cc54)c4ccc(F)c(F)c4F)ccc3-c3ccccc3Cc3ccc(F)cc3)cc2)cc1. The van der Waals surface area contributed by atoms with Crippen LogP contribution in [0, 0.1) is 46.5 Å². The molecule has 0 aliphatic heterocycles. The fourth-order valence-corrected chi connectivity index (χ4v) is 17.9. The van der Waals surface area contributed by atoms with Gasteiger partial charge in [-0.1, -0.05) is 199 Å². The van der Waals surface area contributed by atoms with Crippen LogP contribution in [0.1, 0.15) is 118 Å². The zero-order valence-corrected chi connectivity index (χ0v) is 61.8. The molecule has 4 nitrogen and oxygen atoms in total. The van der Waals surface area contributed by atoms with Crippen molar-refractivity contribution in [2.24, 2.45) is 0 Å². The van der Waals surface area contributed by atoms with E-state index in [1.165, 1.54) is 36.4 Å². The zero-order chi connectivity index (χ0) is 77.5. The highest BCUT2D eigenvalue weighted by molar-refractivity contribution is 5.91. The van der Waals surface area contributed by atoms with Gasteiger partial charge in [0.1, 0.15) is 34.6 Å². The van der Waals surface area contributed by atoms with Gasteiger partial charge in [-0.25, -0.2) is 35.1 Å². The van der Waals surface area contributed by atoms with Crippen LogP contribution in [0.5, 0.6) is 23.0 Å². The van der Waals surface area contributed by atoms with E-state index in [0.717, 1.165) is 112 Å². The molecule has 0 bridgehead atoms. The summed E-state index contributed by atoms with van der Waals surface area (Å²) < 4.78 is 141. The van der Waals surface area contributed by atoms with E-state index >= 15 is 30.7 Å². The standard InChI is InChI=1S/C100H74F8N2O2/c1-7-61-19-37-75(38-20-61)111-77-41-23-64(24-42-77)54-66-55-71(33-45-80(66)79-14-10-9-13-65(79)53-63-17-29-69(101)30-18-63)109(91-51-49-89(103)93(105)95(91)107)73-35-47-84-87(57-73)99(59-97(84,3)4)60-98(5,6)85-48-36-74(58-88(85)99)110(92-52-50-90(104)94(106)96(92)108)72-34-46-82-81-15-11-12-16-83(81)100(86(82)56-72,67-25-31-70(102)32-26-67)68-27-43-78(44-28-68)112-76-39-21-62(8-2)22-40-76/h7-52,55-58H,1-2,53-54,59-60H2,3-6H3. The van der Waals surface area contributed by atoms with E-state index in [4.69, 9.17) is 9.47 Å². The third kappa shape index (κ3) is 12.6. The van der Waals surface area contributed by atoms with Crippen LogP contribution in [0.3, 0.4) is 0 Å². The summed E-state index contributed by atoms with van der Waals surface area (Å²) in [5.41, 5.74) is 14.0. The van der Waals surface area contributed by atoms with Crippen molar-refractivity contribution < 1.29 is 44.6 Å². The van der Waals surface area contributed by atoms with Crippen LogP contribution in [0.15, 0.2) is 304 Å². The summed E-state index contributed by atoms with van der Waals surface area (Å²) in [7, 11) is 0. The molecule has 1 spiro atoms. The van der Waals surface area contributed by atoms with Crippen molar-refractivity contribution in [2.75, 3.05) is 9.80 Å². The van der Waals surface area contributed by atoms with Gasteiger partial charge >= 0.3 is 0 Å². The average Bonchev–Trinajstić information content (AvgIpc) is 1.53. The Bertz CT molecular complexity index is 6030. The van der Waals surface area contributed by atoms with Crippen molar-refractivity contribution in [1.29, 1.82) is 0 Å². The van der Waals surface area contributed by atoms with Crippen molar-refractivity contribution in [2.45, 2.75) is 75.0 Å². The molecule has 2 unspecified atom stereocenters. The third-order valence-corrected chi connectivity index (χ3v) is 22.8. The first kappa shape index (κ1) is 72.1. The Kier molecular flexibility index (Phi) is 18.2. The predicted molar refractivity (Wildman–Crippen MR) is 432 cm³/mol. The molecule has 0 N–H and O–H groups in total. The van der Waals surface area contributed by atoms with Crippen LogP contribution in [0.4, 0.5) is 69.2 Å². The molecule has 0 fully saturated rings. The quantitative estimate of drug-likeness (QED) is 0.0595. The first-order valence-electron chi connectivity index (χ1n) is 37.2. The lowest BCUT2D eigenvalue weighted by Gasteiger charge is -2.35. The number of halogens is 8. The van der Waals surface area contributed by atoms with Crippen LogP contribution < -0.4 is 19.3 Å². The van der Waals surface area contributed by atoms with Crippen molar-refractivity contribution in [3.05, 3.63) is 429 Å². The van der Waals surface area contributed by atoms with E-state index in [0.29, 0.717) is 71.4 Å². The minimum atomic E-state index is -1.66. The fraction of sp³-hybridized carbons (Fsp3) is 0.120. The Balaban J connectivity index is 0.819. The molecule has 552 valence electrons. The molecule has 0 amide bonds. The molecule has 3 aliphatic carbocycles. The van der Waals surface area contributed by atoms with Crippen molar-refractivity contribution in [1.82, 2.24) is 0 Å². The summed E-state index contributed by atoms with van der Waals surface area (Å²) in [6.45, 7) is 16.5. The van der Waals surface area contributed by atoms with Gasteiger partial charge in [0.25, 0.3) is 0 Å². The molecule has 3 aliphatic rings. The Labute approximate surface area is 646 Å². The van der Waals surface area contributed by atoms with E-state index in [1.54, 1.807) is 46.2 Å². The number of fused-ring (bicyclic) bond motifs is 7. The van der Waals surface area contributed by atoms with Crippen molar-refractivity contribution in [3.8, 4) is 45.3 Å². The second-order valence-electron chi connectivity index (χ2n) is 30.7. The molecular formula is C100H74F8N2O2. The summed E-state index contributed by atoms with van der Waals surface area (Å²) in [5, 5.41) is 0. The van der Waals surface area contributed by atoms with Crippen LogP contribution in [-0.4, -0.2) is 0 Å². The van der Waals surface area contributed by atoms with Crippen LogP contribution in [0.2, 0.25) is 0 Å². The molecule has 0 aromatic heterocycles. The van der Waals surface area contributed by atoms with Gasteiger partial charge in [0.2, 0.25) is 0 Å². The van der Waals surface area contributed by atoms with Crippen LogP contribution >= 0.6 is 0 Å². The maximum absolute atomic E-state index is 17.4. The maximum atomic E-state index is 17.4. The molecule has 14 aromatic carbocycles. The lowest BCUT2D eigenvalue weighted by molar-refractivity contribution is 0.349. The Hall–Kier alpha value is -12.8. The summed E-state index contributed by atoms with van der Waals surface area (Å²) in [6.07, 6.45) is 5.46.